The fourth-order valence-corrected chi connectivity index (χ4v) is 1.45. The Bertz CT molecular complexity index is 410. The van der Waals surface area contributed by atoms with Crippen molar-refractivity contribution in [3.63, 3.8) is 0 Å². The van der Waals surface area contributed by atoms with Gasteiger partial charge in [0.05, 0.1) is 11.4 Å². The number of amides is 1. The van der Waals surface area contributed by atoms with Crippen LogP contribution in [0.3, 0.4) is 0 Å². The lowest BCUT2D eigenvalue weighted by Crippen LogP contribution is -2.39. The van der Waals surface area contributed by atoms with E-state index in [1.165, 1.54) is 4.68 Å². The second-order valence-electron chi connectivity index (χ2n) is 4.49. The van der Waals surface area contributed by atoms with Crippen molar-refractivity contribution in [1.29, 1.82) is 0 Å². The van der Waals surface area contributed by atoms with E-state index in [1.54, 1.807) is 14.0 Å². The maximum Gasteiger partial charge on any atom is 0.271 e. The van der Waals surface area contributed by atoms with Crippen LogP contribution in [0.2, 0.25) is 0 Å². The molecule has 6 heteroatoms. The number of nitrogens with zero attached hydrogens (tertiary/aromatic N) is 3. The standard InChI is InChI=1S/C11H21N5O/c1-7(15(3)4)6-13-11(17)10-9(12)8(2)14-16(10)5/h7H,6,12H2,1-5H3,(H,13,17). The van der Waals surface area contributed by atoms with Crippen LogP contribution >= 0.6 is 0 Å². The van der Waals surface area contributed by atoms with Crippen molar-refractivity contribution in [3.8, 4) is 0 Å². The van der Waals surface area contributed by atoms with E-state index in [1.807, 2.05) is 25.9 Å². The van der Waals surface area contributed by atoms with Gasteiger partial charge >= 0.3 is 0 Å². The number of likely N-dealkylation sites (N-methyl/N-ethyl adjacent to an activating group) is 1. The Labute approximate surface area is 102 Å². The molecule has 96 valence electrons. The molecule has 0 aliphatic rings. The van der Waals surface area contributed by atoms with Crippen LogP contribution in [0.15, 0.2) is 0 Å². The van der Waals surface area contributed by atoms with E-state index in [0.717, 1.165) is 0 Å². The molecule has 0 aliphatic carbocycles. The van der Waals surface area contributed by atoms with Crippen molar-refractivity contribution in [2.24, 2.45) is 7.05 Å². The summed E-state index contributed by atoms with van der Waals surface area (Å²) in [5, 5.41) is 6.97. The summed E-state index contributed by atoms with van der Waals surface area (Å²) in [5.41, 5.74) is 7.37. The van der Waals surface area contributed by atoms with Gasteiger partial charge in [-0.3, -0.25) is 9.48 Å². The predicted octanol–water partition coefficient (Wildman–Crippen LogP) is -0.00938. The normalized spacial score (nSPS) is 12.8. The molecule has 1 unspecified atom stereocenters. The van der Waals surface area contributed by atoms with E-state index in [2.05, 4.69) is 10.4 Å². The molecular formula is C11H21N5O. The molecule has 3 N–H and O–H groups in total. The summed E-state index contributed by atoms with van der Waals surface area (Å²) < 4.78 is 1.51. The minimum Gasteiger partial charge on any atom is -0.395 e. The van der Waals surface area contributed by atoms with Crippen LogP contribution in [0.4, 0.5) is 5.69 Å². The van der Waals surface area contributed by atoms with Crippen LogP contribution in [-0.2, 0) is 7.05 Å². The largest absolute Gasteiger partial charge is 0.395 e. The summed E-state index contributed by atoms with van der Waals surface area (Å²) in [7, 11) is 5.66. The number of carbonyl (C=O) groups excluding carboxylic acids is 1. The zero-order chi connectivity index (χ0) is 13.2. The summed E-state index contributed by atoms with van der Waals surface area (Å²) in [4.78, 5) is 14.0. The molecule has 1 atom stereocenters. The first-order chi connectivity index (χ1) is 7.84. The van der Waals surface area contributed by atoms with Crippen LogP contribution < -0.4 is 11.1 Å². The lowest BCUT2D eigenvalue weighted by molar-refractivity contribution is 0.0935. The number of hydrogen-bond donors (Lipinski definition) is 2. The first kappa shape index (κ1) is 13.5. The first-order valence-corrected chi connectivity index (χ1v) is 5.58. The third-order valence-corrected chi connectivity index (χ3v) is 2.92. The van der Waals surface area contributed by atoms with Crippen LogP contribution in [-0.4, -0.2) is 47.3 Å². The highest BCUT2D eigenvalue weighted by atomic mass is 16.2. The van der Waals surface area contributed by atoms with Crippen molar-refractivity contribution in [1.82, 2.24) is 20.0 Å². The summed E-state index contributed by atoms with van der Waals surface area (Å²) in [6, 6.07) is 0.273. The maximum absolute atomic E-state index is 12.0. The molecule has 0 radical (unpaired) electrons. The quantitative estimate of drug-likeness (QED) is 0.775. The Morgan fingerprint density at radius 2 is 2.18 bits per heavy atom. The Morgan fingerprint density at radius 1 is 1.59 bits per heavy atom. The molecule has 0 saturated heterocycles. The molecule has 0 saturated carbocycles. The highest BCUT2D eigenvalue weighted by Crippen LogP contribution is 2.14. The van der Waals surface area contributed by atoms with Crippen LogP contribution in [0.25, 0.3) is 0 Å². The molecule has 1 heterocycles. The van der Waals surface area contributed by atoms with Gasteiger partial charge in [-0.2, -0.15) is 5.10 Å². The number of carbonyl (C=O) groups is 1. The molecule has 1 amide bonds. The number of aryl methyl sites for hydroxylation is 2. The molecule has 0 aromatic carbocycles. The predicted molar refractivity (Wildman–Crippen MR) is 67.8 cm³/mol. The number of nitrogens with one attached hydrogen (secondary N) is 1. The average Bonchev–Trinajstić information content (AvgIpc) is 2.49. The zero-order valence-electron chi connectivity index (χ0n) is 11.1. The summed E-state index contributed by atoms with van der Waals surface area (Å²) in [6.07, 6.45) is 0. The minimum atomic E-state index is -0.181. The van der Waals surface area contributed by atoms with Crippen molar-refractivity contribution in [2.75, 3.05) is 26.4 Å². The van der Waals surface area contributed by atoms with E-state index in [4.69, 9.17) is 5.73 Å². The Hall–Kier alpha value is -1.56. The minimum absolute atomic E-state index is 0.181. The molecule has 0 spiro atoms. The molecule has 1 aromatic heterocycles. The molecule has 1 rings (SSSR count). The van der Waals surface area contributed by atoms with Gasteiger partial charge in [-0.15, -0.1) is 0 Å². The molecular weight excluding hydrogens is 218 g/mol. The lowest BCUT2D eigenvalue weighted by atomic mass is 10.2. The van der Waals surface area contributed by atoms with E-state index in [-0.39, 0.29) is 11.9 Å². The zero-order valence-corrected chi connectivity index (χ0v) is 11.1. The third kappa shape index (κ3) is 2.97. The van der Waals surface area contributed by atoms with Crippen molar-refractivity contribution in [3.05, 3.63) is 11.4 Å². The summed E-state index contributed by atoms with van der Waals surface area (Å²) >= 11 is 0. The fourth-order valence-electron chi connectivity index (χ4n) is 1.45. The van der Waals surface area contributed by atoms with Gasteiger partial charge in [-0.05, 0) is 27.9 Å². The van der Waals surface area contributed by atoms with Crippen LogP contribution in [0.1, 0.15) is 23.1 Å². The monoisotopic (exact) mass is 239 g/mol. The van der Waals surface area contributed by atoms with E-state index < -0.39 is 0 Å². The Morgan fingerprint density at radius 3 is 2.59 bits per heavy atom. The second kappa shape index (κ2) is 5.18. The van der Waals surface area contributed by atoms with Crippen LogP contribution in [0.5, 0.6) is 0 Å². The lowest BCUT2D eigenvalue weighted by Gasteiger charge is -2.19. The van der Waals surface area contributed by atoms with E-state index in [0.29, 0.717) is 23.6 Å². The average molecular weight is 239 g/mol. The smallest absolute Gasteiger partial charge is 0.271 e. The highest BCUT2D eigenvalue weighted by Gasteiger charge is 2.18. The molecule has 17 heavy (non-hydrogen) atoms. The number of nitrogen functional groups attached to an aromatic ring is 1. The van der Waals surface area contributed by atoms with Crippen molar-refractivity contribution >= 4 is 11.6 Å². The molecule has 0 aliphatic heterocycles. The van der Waals surface area contributed by atoms with Gasteiger partial charge in [0.1, 0.15) is 5.69 Å². The number of hydrogen-bond acceptors (Lipinski definition) is 4. The van der Waals surface area contributed by atoms with Gasteiger partial charge in [0.15, 0.2) is 0 Å². The Balaban J connectivity index is 2.71. The van der Waals surface area contributed by atoms with E-state index in [9.17, 15) is 4.79 Å². The topological polar surface area (TPSA) is 76.2 Å². The van der Waals surface area contributed by atoms with Crippen LogP contribution in [0, 0.1) is 6.92 Å². The molecule has 1 aromatic rings. The molecule has 0 bridgehead atoms. The highest BCUT2D eigenvalue weighted by molar-refractivity contribution is 5.97. The van der Waals surface area contributed by atoms with Gasteiger partial charge in [-0.1, -0.05) is 0 Å². The SMILES string of the molecule is Cc1nn(C)c(C(=O)NCC(C)N(C)C)c1N. The summed E-state index contributed by atoms with van der Waals surface area (Å²) in [6.45, 7) is 4.40. The number of rotatable bonds is 4. The fraction of sp³-hybridized carbons (Fsp3) is 0.636. The third-order valence-electron chi connectivity index (χ3n) is 2.92. The van der Waals surface area contributed by atoms with Gasteiger partial charge in [0, 0.05) is 19.6 Å². The molecule has 0 fully saturated rings. The Kier molecular flexibility index (Phi) is 4.11. The number of nitrogens with two attached hydrogens (primary N) is 1. The summed E-state index contributed by atoms with van der Waals surface area (Å²) in [5.74, 6) is -0.181. The van der Waals surface area contributed by atoms with Gasteiger partial charge in [0.25, 0.3) is 5.91 Å². The van der Waals surface area contributed by atoms with Gasteiger partial charge < -0.3 is 16.0 Å². The second-order valence-corrected chi connectivity index (χ2v) is 4.49. The molecule has 6 nitrogen and oxygen atoms in total. The van der Waals surface area contributed by atoms with Crippen molar-refractivity contribution in [2.45, 2.75) is 19.9 Å². The number of aromatic nitrogens is 2. The van der Waals surface area contributed by atoms with E-state index >= 15 is 0 Å². The number of anilines is 1. The maximum atomic E-state index is 12.0. The van der Waals surface area contributed by atoms with Gasteiger partial charge in [-0.25, -0.2) is 0 Å². The first-order valence-electron chi connectivity index (χ1n) is 5.58. The van der Waals surface area contributed by atoms with Gasteiger partial charge in [0.2, 0.25) is 0 Å². The van der Waals surface area contributed by atoms with Crippen molar-refractivity contribution < 1.29 is 4.79 Å².